The van der Waals surface area contributed by atoms with Gasteiger partial charge < -0.3 is 4.74 Å². The van der Waals surface area contributed by atoms with Crippen LogP contribution in [0.2, 0.25) is 0 Å². The number of carbonyl (C=O) groups is 1. The fourth-order valence-corrected chi connectivity index (χ4v) is 4.50. The van der Waals surface area contributed by atoms with Crippen LogP contribution in [0.3, 0.4) is 0 Å². The highest BCUT2D eigenvalue weighted by molar-refractivity contribution is 5.97. The van der Waals surface area contributed by atoms with E-state index in [9.17, 15) is 4.79 Å². The molecular weight excluding hydrogens is 248 g/mol. The van der Waals surface area contributed by atoms with Gasteiger partial charge in [0.05, 0.1) is 12.9 Å². The third kappa shape index (κ3) is 1.73. The number of rotatable bonds is 1. The molecule has 0 spiro atoms. The lowest BCUT2D eigenvalue weighted by molar-refractivity contribution is -0.116. The summed E-state index contributed by atoms with van der Waals surface area (Å²) in [4.78, 5) is 12.0. The fourth-order valence-electron chi connectivity index (χ4n) is 4.50. The van der Waals surface area contributed by atoms with E-state index >= 15 is 0 Å². The molecule has 3 aliphatic carbocycles. The van der Waals surface area contributed by atoms with E-state index in [1.54, 1.807) is 12.7 Å². The molecule has 0 amide bonds. The first kappa shape index (κ1) is 13.7. The monoisotopic (exact) mass is 272 g/mol. The Morgan fingerprint density at radius 1 is 0.950 bits per heavy atom. The van der Waals surface area contributed by atoms with Crippen LogP contribution >= 0.6 is 0 Å². The van der Waals surface area contributed by atoms with E-state index in [2.05, 4.69) is 13.8 Å². The van der Waals surface area contributed by atoms with Gasteiger partial charge in [-0.05, 0) is 56.3 Å². The minimum absolute atomic E-state index is 0.131. The van der Waals surface area contributed by atoms with Crippen LogP contribution in [0, 0.1) is 5.41 Å². The van der Waals surface area contributed by atoms with Crippen LogP contribution in [0.1, 0.15) is 59.3 Å². The van der Waals surface area contributed by atoms with Crippen molar-refractivity contribution in [2.24, 2.45) is 5.41 Å². The second-order valence-electron chi connectivity index (χ2n) is 6.57. The summed E-state index contributed by atoms with van der Waals surface area (Å²) >= 11 is 0. The van der Waals surface area contributed by atoms with Crippen molar-refractivity contribution in [1.82, 2.24) is 0 Å². The third-order valence-corrected chi connectivity index (χ3v) is 5.76. The normalized spacial score (nSPS) is 30.5. The van der Waals surface area contributed by atoms with Gasteiger partial charge in [0.2, 0.25) is 0 Å². The molecule has 0 aliphatic heterocycles. The van der Waals surface area contributed by atoms with Gasteiger partial charge in [0.15, 0.2) is 5.78 Å². The molecule has 0 saturated carbocycles. The van der Waals surface area contributed by atoms with Crippen LogP contribution in [0.25, 0.3) is 0 Å². The van der Waals surface area contributed by atoms with E-state index < -0.39 is 0 Å². The molecule has 0 aromatic carbocycles. The lowest BCUT2D eigenvalue weighted by Gasteiger charge is -2.46. The highest BCUT2D eigenvalue weighted by Crippen LogP contribution is 2.55. The maximum atomic E-state index is 12.0. The van der Waals surface area contributed by atoms with Crippen molar-refractivity contribution in [3.63, 3.8) is 0 Å². The number of ketones is 1. The molecule has 0 saturated heterocycles. The maximum absolute atomic E-state index is 12.0. The number of carbonyl (C=O) groups excluding carboxylic acids is 1. The first-order valence-corrected chi connectivity index (χ1v) is 7.69. The van der Waals surface area contributed by atoms with Crippen molar-refractivity contribution in [3.05, 3.63) is 33.6 Å². The van der Waals surface area contributed by atoms with Gasteiger partial charge in [-0.1, -0.05) is 18.1 Å². The number of ether oxygens (including phenoxy) is 1. The standard InChI is InChI=1S/C18H24O2/c1-11-13-5-6-14-12(2)16(19)9-10-18(14,3)15(13)7-8-17(11)20-4/h5-10H2,1-4H3. The van der Waals surface area contributed by atoms with E-state index in [1.165, 1.54) is 16.7 Å². The van der Waals surface area contributed by atoms with Crippen molar-refractivity contribution in [3.8, 4) is 0 Å². The molecule has 0 aromatic rings. The quantitative estimate of drug-likeness (QED) is 0.703. The predicted molar refractivity (Wildman–Crippen MR) is 80.3 cm³/mol. The molecule has 0 aromatic heterocycles. The molecule has 20 heavy (non-hydrogen) atoms. The Morgan fingerprint density at radius 2 is 1.65 bits per heavy atom. The number of allylic oxidation sites excluding steroid dienone is 6. The summed E-state index contributed by atoms with van der Waals surface area (Å²) in [6.45, 7) is 6.59. The minimum atomic E-state index is 0.131. The van der Waals surface area contributed by atoms with E-state index in [0.29, 0.717) is 12.2 Å². The zero-order valence-electron chi connectivity index (χ0n) is 13.1. The van der Waals surface area contributed by atoms with Gasteiger partial charge >= 0.3 is 0 Å². The lowest BCUT2D eigenvalue weighted by Crippen LogP contribution is -2.34. The van der Waals surface area contributed by atoms with E-state index in [-0.39, 0.29) is 5.41 Å². The molecule has 2 heteroatoms. The highest BCUT2D eigenvalue weighted by Gasteiger charge is 2.43. The summed E-state index contributed by atoms with van der Waals surface area (Å²) < 4.78 is 5.54. The molecule has 108 valence electrons. The van der Waals surface area contributed by atoms with Gasteiger partial charge in [-0.3, -0.25) is 4.79 Å². The lowest BCUT2D eigenvalue weighted by atomic mass is 9.58. The minimum Gasteiger partial charge on any atom is -0.501 e. The second-order valence-corrected chi connectivity index (χ2v) is 6.57. The Kier molecular flexibility index (Phi) is 3.15. The number of hydrogen-bond donors (Lipinski definition) is 0. The number of fused-ring (bicyclic) bond motifs is 2. The molecule has 0 bridgehead atoms. The Labute approximate surface area is 121 Å². The van der Waals surface area contributed by atoms with Gasteiger partial charge in [-0.2, -0.15) is 0 Å². The largest absolute Gasteiger partial charge is 0.501 e. The topological polar surface area (TPSA) is 26.3 Å². The van der Waals surface area contributed by atoms with E-state index in [4.69, 9.17) is 4.74 Å². The summed E-state index contributed by atoms with van der Waals surface area (Å²) in [5, 5.41) is 0. The first-order chi connectivity index (χ1) is 9.49. The molecule has 0 heterocycles. The van der Waals surface area contributed by atoms with Gasteiger partial charge in [-0.25, -0.2) is 0 Å². The smallest absolute Gasteiger partial charge is 0.158 e. The number of Topliss-reactive ketones (excluding diaryl/α,β-unsaturated/α-hetero) is 1. The summed E-state index contributed by atoms with van der Waals surface area (Å²) in [6.07, 6.45) is 5.93. The van der Waals surface area contributed by atoms with Crippen LogP contribution in [0.4, 0.5) is 0 Å². The summed E-state index contributed by atoms with van der Waals surface area (Å²) in [7, 11) is 1.78. The van der Waals surface area contributed by atoms with Crippen molar-refractivity contribution < 1.29 is 9.53 Å². The molecule has 0 radical (unpaired) electrons. The maximum Gasteiger partial charge on any atom is 0.158 e. The van der Waals surface area contributed by atoms with Gasteiger partial charge in [0, 0.05) is 18.3 Å². The molecule has 1 atom stereocenters. The number of methoxy groups -OCH3 is 1. The molecule has 1 unspecified atom stereocenters. The van der Waals surface area contributed by atoms with Crippen LogP contribution in [0.5, 0.6) is 0 Å². The average molecular weight is 272 g/mol. The van der Waals surface area contributed by atoms with Gasteiger partial charge in [0.25, 0.3) is 0 Å². The van der Waals surface area contributed by atoms with E-state index in [0.717, 1.165) is 43.4 Å². The Morgan fingerprint density at radius 3 is 2.35 bits per heavy atom. The molecule has 0 N–H and O–H groups in total. The van der Waals surface area contributed by atoms with Gasteiger partial charge in [0.1, 0.15) is 0 Å². The zero-order chi connectivity index (χ0) is 14.5. The zero-order valence-corrected chi connectivity index (χ0v) is 13.1. The Balaban J connectivity index is 2.15. The van der Waals surface area contributed by atoms with E-state index in [1.807, 2.05) is 6.92 Å². The highest BCUT2D eigenvalue weighted by atomic mass is 16.5. The summed E-state index contributed by atoms with van der Waals surface area (Å²) in [5.74, 6) is 1.52. The number of hydrogen-bond acceptors (Lipinski definition) is 2. The van der Waals surface area contributed by atoms with Crippen molar-refractivity contribution >= 4 is 5.78 Å². The second kappa shape index (κ2) is 4.61. The van der Waals surface area contributed by atoms with Crippen molar-refractivity contribution in [1.29, 1.82) is 0 Å². The van der Waals surface area contributed by atoms with Crippen LogP contribution in [-0.4, -0.2) is 12.9 Å². The Hall–Kier alpha value is -1.31. The summed E-state index contributed by atoms with van der Waals surface area (Å²) in [5.41, 5.74) is 7.05. The average Bonchev–Trinajstić information content (AvgIpc) is 2.44. The Bertz CT molecular complexity index is 574. The van der Waals surface area contributed by atoms with Crippen LogP contribution in [-0.2, 0) is 9.53 Å². The van der Waals surface area contributed by atoms with Crippen molar-refractivity contribution in [2.75, 3.05) is 7.11 Å². The van der Waals surface area contributed by atoms with Crippen molar-refractivity contribution in [2.45, 2.75) is 59.3 Å². The predicted octanol–water partition coefficient (Wildman–Crippen LogP) is 4.48. The van der Waals surface area contributed by atoms with Gasteiger partial charge in [-0.15, -0.1) is 0 Å². The fraction of sp³-hybridized carbons (Fsp3) is 0.611. The SMILES string of the molecule is COC1=C(C)C2=C(CC1)C1(C)CCC(=O)C(C)=C1CC2. The molecule has 0 fully saturated rings. The van der Waals surface area contributed by atoms with Crippen LogP contribution in [0.15, 0.2) is 33.6 Å². The third-order valence-electron chi connectivity index (χ3n) is 5.76. The molecular formula is C18H24O2. The molecule has 3 aliphatic rings. The van der Waals surface area contributed by atoms with Crippen LogP contribution < -0.4 is 0 Å². The molecule has 2 nitrogen and oxygen atoms in total. The summed E-state index contributed by atoms with van der Waals surface area (Å²) in [6, 6.07) is 0. The first-order valence-electron chi connectivity index (χ1n) is 7.69. The molecule has 3 rings (SSSR count).